The van der Waals surface area contributed by atoms with E-state index in [2.05, 4.69) is 205 Å². The van der Waals surface area contributed by atoms with E-state index in [-0.39, 0.29) is 0 Å². The van der Waals surface area contributed by atoms with Crippen molar-refractivity contribution >= 4 is 17.1 Å². The van der Waals surface area contributed by atoms with Crippen molar-refractivity contribution in [3.63, 3.8) is 0 Å². The van der Waals surface area contributed by atoms with Gasteiger partial charge in [0.25, 0.3) is 0 Å². The van der Waals surface area contributed by atoms with E-state index >= 15 is 0 Å². The number of benzene rings is 9. The average molecular weight is 740 g/mol. The van der Waals surface area contributed by atoms with Gasteiger partial charge in [0.2, 0.25) is 0 Å². The zero-order valence-corrected chi connectivity index (χ0v) is 31.3. The number of rotatable bonds is 3. The van der Waals surface area contributed by atoms with Gasteiger partial charge in [0.15, 0.2) is 23.0 Å². The van der Waals surface area contributed by atoms with Crippen LogP contribution >= 0.6 is 0 Å². The number of ether oxygens (including phenoxy) is 2. The van der Waals surface area contributed by atoms with E-state index in [9.17, 15) is 0 Å². The van der Waals surface area contributed by atoms with Gasteiger partial charge < -0.3 is 9.47 Å². The third-order valence-electron chi connectivity index (χ3n) is 12.7. The van der Waals surface area contributed by atoms with Crippen LogP contribution in [0.4, 0.5) is 17.1 Å². The van der Waals surface area contributed by atoms with Gasteiger partial charge in [-0.3, -0.25) is 4.90 Å². The summed E-state index contributed by atoms with van der Waals surface area (Å²) >= 11 is 0. The van der Waals surface area contributed by atoms with Gasteiger partial charge in [0.1, 0.15) is 5.69 Å². The van der Waals surface area contributed by atoms with E-state index < -0.39 is 5.41 Å². The predicted octanol–water partition coefficient (Wildman–Crippen LogP) is 14.7. The first-order valence-electron chi connectivity index (χ1n) is 19.9. The molecular weight excluding hydrogens is 707 g/mol. The third kappa shape index (κ3) is 4.17. The molecular formula is C55H33NO2. The second-order valence-corrected chi connectivity index (χ2v) is 15.6. The highest BCUT2D eigenvalue weighted by Gasteiger charge is 2.52. The molecule has 58 heavy (non-hydrogen) atoms. The van der Waals surface area contributed by atoms with Crippen LogP contribution < -0.4 is 14.4 Å². The summed E-state index contributed by atoms with van der Waals surface area (Å²) in [7, 11) is 0. The quantitative estimate of drug-likeness (QED) is 0.180. The summed E-state index contributed by atoms with van der Waals surface area (Å²) in [6.45, 7) is 0. The lowest BCUT2D eigenvalue weighted by molar-refractivity contribution is 0.446. The Hall–Kier alpha value is -7.62. The smallest absolute Gasteiger partial charge is 0.156 e. The maximum absolute atomic E-state index is 7.01. The number of anilines is 3. The molecule has 0 saturated heterocycles. The van der Waals surface area contributed by atoms with Crippen LogP contribution in [-0.4, -0.2) is 0 Å². The van der Waals surface area contributed by atoms with Gasteiger partial charge in [-0.1, -0.05) is 164 Å². The van der Waals surface area contributed by atoms with Crippen molar-refractivity contribution in [3.8, 4) is 78.6 Å². The first-order valence-corrected chi connectivity index (χ1v) is 19.9. The molecule has 4 aliphatic rings. The van der Waals surface area contributed by atoms with Crippen LogP contribution in [0.3, 0.4) is 0 Å². The molecule has 0 atom stereocenters. The zero-order valence-electron chi connectivity index (χ0n) is 31.3. The Morgan fingerprint density at radius 3 is 1.29 bits per heavy atom. The third-order valence-corrected chi connectivity index (χ3v) is 12.7. The molecule has 0 saturated carbocycles. The largest absolute Gasteiger partial charge is 0.453 e. The highest BCUT2D eigenvalue weighted by Crippen LogP contribution is 2.65. The molecule has 3 heteroatoms. The predicted molar refractivity (Wildman–Crippen MR) is 234 cm³/mol. The molecule has 9 aromatic rings. The van der Waals surface area contributed by atoms with Crippen molar-refractivity contribution < 1.29 is 9.47 Å². The summed E-state index contributed by atoms with van der Waals surface area (Å²) in [5, 5.41) is 0. The highest BCUT2D eigenvalue weighted by molar-refractivity contribution is 6.02. The molecule has 1 spiro atoms. The Kier molecular flexibility index (Phi) is 6.37. The fourth-order valence-corrected chi connectivity index (χ4v) is 10.3. The number of hydrogen-bond acceptors (Lipinski definition) is 3. The molecule has 13 rings (SSSR count). The summed E-state index contributed by atoms with van der Waals surface area (Å²) in [6, 6.07) is 72.3. The van der Waals surface area contributed by atoms with Gasteiger partial charge in [-0.25, -0.2) is 0 Å². The topological polar surface area (TPSA) is 21.7 Å². The Balaban J connectivity index is 1.05. The monoisotopic (exact) mass is 739 g/mol. The van der Waals surface area contributed by atoms with Crippen molar-refractivity contribution in [1.82, 2.24) is 0 Å². The van der Waals surface area contributed by atoms with Gasteiger partial charge in [-0.15, -0.1) is 0 Å². The van der Waals surface area contributed by atoms with Gasteiger partial charge in [-0.05, 0) is 114 Å². The van der Waals surface area contributed by atoms with Gasteiger partial charge in [0.05, 0.1) is 16.8 Å². The van der Waals surface area contributed by atoms with Crippen LogP contribution in [0.15, 0.2) is 200 Å². The van der Waals surface area contributed by atoms with Crippen LogP contribution in [0.2, 0.25) is 0 Å². The fraction of sp³-hybridized carbons (Fsp3) is 0.0182. The van der Waals surface area contributed by atoms with Crippen LogP contribution in [0.1, 0.15) is 22.3 Å². The standard InChI is InChI=1S/C55H33NO2/c1-3-14-34(15-4-1)36-26-28-47-49(30-36)57-51-32-38(33-52-54(51)56(47)48-29-27-37(31-50(48)58-52)35-16-5-2-6-17-35)39-21-13-25-46-53(39)42-20-9-12-24-45(42)55(46)43-22-10-7-18-40(43)41-19-8-11-23-44(41)55/h1-33H. The first kappa shape index (κ1) is 31.6. The van der Waals surface area contributed by atoms with E-state index in [1.807, 2.05) is 0 Å². The molecule has 0 fully saturated rings. The summed E-state index contributed by atoms with van der Waals surface area (Å²) in [4.78, 5) is 2.32. The van der Waals surface area contributed by atoms with E-state index in [0.29, 0.717) is 0 Å². The maximum atomic E-state index is 7.01. The molecule has 0 bridgehead atoms. The van der Waals surface area contributed by atoms with Crippen LogP contribution in [-0.2, 0) is 5.41 Å². The van der Waals surface area contributed by atoms with Crippen LogP contribution in [0.25, 0.3) is 55.6 Å². The SMILES string of the molecule is c1ccc(-c2ccc3c(c2)Oc2cc(-c4cccc5c4-c4ccccc4C54c5ccccc5-c5ccccc54)cc4c2N3c2ccc(-c3ccccc3)cc2O4)cc1. The summed E-state index contributed by atoms with van der Waals surface area (Å²) in [5.41, 5.74) is 19.5. The zero-order chi connectivity index (χ0) is 38.0. The Bertz CT molecular complexity index is 3020. The van der Waals surface area contributed by atoms with Gasteiger partial charge in [0, 0.05) is 0 Å². The van der Waals surface area contributed by atoms with E-state index in [4.69, 9.17) is 9.47 Å². The molecule has 3 nitrogen and oxygen atoms in total. The van der Waals surface area contributed by atoms with Gasteiger partial charge in [-0.2, -0.15) is 0 Å². The van der Waals surface area contributed by atoms with Crippen LogP contribution in [0.5, 0.6) is 23.0 Å². The minimum absolute atomic E-state index is 0.430. The lowest BCUT2D eigenvalue weighted by Crippen LogP contribution is -2.25. The maximum Gasteiger partial charge on any atom is 0.156 e. The molecule has 0 N–H and O–H groups in total. The minimum Gasteiger partial charge on any atom is -0.453 e. The molecule has 0 amide bonds. The number of hydrogen-bond donors (Lipinski definition) is 0. The van der Waals surface area contributed by atoms with E-state index in [1.165, 1.54) is 44.5 Å². The van der Waals surface area contributed by atoms with Crippen molar-refractivity contribution in [1.29, 1.82) is 0 Å². The number of fused-ring (bicyclic) bond motifs is 14. The molecule has 0 radical (unpaired) electrons. The normalized spacial score (nSPS) is 13.9. The Morgan fingerprint density at radius 2 is 0.741 bits per heavy atom. The van der Waals surface area contributed by atoms with Crippen LogP contribution in [0, 0.1) is 0 Å². The number of nitrogens with zero attached hydrogens (tertiary/aromatic N) is 1. The highest BCUT2D eigenvalue weighted by atomic mass is 16.5. The lowest BCUT2D eigenvalue weighted by Gasteiger charge is -2.38. The second kappa shape index (κ2) is 11.7. The van der Waals surface area contributed by atoms with Crippen molar-refractivity contribution in [2.24, 2.45) is 0 Å². The van der Waals surface area contributed by atoms with E-state index in [0.717, 1.165) is 73.4 Å². The van der Waals surface area contributed by atoms with Crippen molar-refractivity contribution in [2.75, 3.05) is 4.90 Å². The van der Waals surface area contributed by atoms with E-state index in [1.54, 1.807) is 0 Å². The summed E-state index contributed by atoms with van der Waals surface area (Å²) < 4.78 is 14.0. The molecule has 2 heterocycles. The van der Waals surface area contributed by atoms with Crippen molar-refractivity contribution in [2.45, 2.75) is 5.41 Å². The first-order chi connectivity index (χ1) is 28.8. The Morgan fingerprint density at radius 1 is 0.310 bits per heavy atom. The van der Waals surface area contributed by atoms with Gasteiger partial charge >= 0.3 is 0 Å². The average Bonchev–Trinajstić information content (AvgIpc) is 3.76. The van der Waals surface area contributed by atoms with Crippen molar-refractivity contribution in [3.05, 3.63) is 222 Å². The minimum atomic E-state index is -0.430. The molecule has 270 valence electrons. The fourth-order valence-electron chi connectivity index (χ4n) is 10.3. The lowest BCUT2D eigenvalue weighted by atomic mass is 9.70. The molecule has 0 aromatic heterocycles. The summed E-state index contributed by atoms with van der Waals surface area (Å²) in [6.07, 6.45) is 0. The Labute approximate surface area is 336 Å². The second-order valence-electron chi connectivity index (χ2n) is 15.6. The molecule has 2 aliphatic heterocycles. The molecule has 0 unspecified atom stereocenters. The molecule has 2 aliphatic carbocycles. The molecule has 9 aromatic carbocycles. The summed E-state index contributed by atoms with van der Waals surface area (Å²) in [5.74, 6) is 3.13.